The highest BCUT2D eigenvalue weighted by Gasteiger charge is 2.23. The van der Waals surface area contributed by atoms with Gasteiger partial charge in [0.05, 0.1) is 0 Å². The van der Waals surface area contributed by atoms with Gasteiger partial charge in [-0.25, -0.2) is 0 Å². The summed E-state index contributed by atoms with van der Waals surface area (Å²) >= 11 is 0. The number of anilines is 2. The van der Waals surface area contributed by atoms with E-state index < -0.39 is 0 Å². The van der Waals surface area contributed by atoms with Gasteiger partial charge in [0.2, 0.25) is 6.41 Å². The standard InChI is InChI=1S/C21H26N4O2/c1-21(2,3)17-6-4-5-7-18(17)23-16-8-9-22-19(14-16)20(27)25-12-10-24(15-26)11-13-25/h4-9,14-15H,10-13H2,1-3H3,(H,22,23). The largest absolute Gasteiger partial charge is 0.355 e. The number of hydrogen-bond donors (Lipinski definition) is 1. The smallest absolute Gasteiger partial charge is 0.272 e. The van der Waals surface area contributed by atoms with Crippen molar-refractivity contribution in [1.29, 1.82) is 0 Å². The van der Waals surface area contributed by atoms with Crippen molar-refractivity contribution in [2.45, 2.75) is 26.2 Å². The number of rotatable bonds is 4. The van der Waals surface area contributed by atoms with Gasteiger partial charge in [-0.2, -0.15) is 0 Å². The summed E-state index contributed by atoms with van der Waals surface area (Å²) in [6.07, 6.45) is 2.48. The van der Waals surface area contributed by atoms with Gasteiger partial charge in [-0.05, 0) is 29.2 Å². The lowest BCUT2D eigenvalue weighted by molar-refractivity contribution is -0.119. The van der Waals surface area contributed by atoms with Gasteiger partial charge in [0.15, 0.2) is 0 Å². The number of carbonyl (C=O) groups excluding carboxylic acids is 2. The second-order valence-electron chi connectivity index (χ2n) is 7.78. The molecular formula is C21H26N4O2. The molecule has 1 aromatic heterocycles. The third-order valence-electron chi connectivity index (χ3n) is 4.74. The van der Waals surface area contributed by atoms with Gasteiger partial charge in [0.1, 0.15) is 5.69 Å². The molecule has 0 unspecified atom stereocenters. The molecule has 6 nitrogen and oxygen atoms in total. The van der Waals surface area contributed by atoms with Gasteiger partial charge in [0, 0.05) is 43.8 Å². The molecule has 1 fully saturated rings. The molecule has 1 saturated heterocycles. The fourth-order valence-electron chi connectivity index (χ4n) is 3.22. The summed E-state index contributed by atoms with van der Waals surface area (Å²) in [5.74, 6) is -0.103. The third kappa shape index (κ3) is 4.45. The maximum atomic E-state index is 12.8. The molecule has 0 atom stereocenters. The number of pyridine rings is 1. The van der Waals surface area contributed by atoms with Crippen LogP contribution in [0, 0.1) is 0 Å². The highest BCUT2D eigenvalue weighted by molar-refractivity contribution is 5.93. The number of benzene rings is 1. The molecule has 3 rings (SSSR count). The summed E-state index contributed by atoms with van der Waals surface area (Å²) in [7, 11) is 0. The molecule has 1 aliphatic heterocycles. The summed E-state index contributed by atoms with van der Waals surface area (Å²) < 4.78 is 0. The van der Waals surface area contributed by atoms with Gasteiger partial charge in [-0.1, -0.05) is 39.0 Å². The number of amides is 2. The molecule has 1 aliphatic rings. The van der Waals surface area contributed by atoms with E-state index in [0.29, 0.717) is 31.9 Å². The van der Waals surface area contributed by atoms with Crippen molar-refractivity contribution in [3.8, 4) is 0 Å². The van der Waals surface area contributed by atoms with E-state index in [1.807, 2.05) is 24.3 Å². The van der Waals surface area contributed by atoms with Crippen LogP contribution in [0.15, 0.2) is 42.6 Å². The van der Waals surface area contributed by atoms with E-state index in [0.717, 1.165) is 17.8 Å². The highest BCUT2D eigenvalue weighted by Crippen LogP contribution is 2.31. The zero-order valence-electron chi connectivity index (χ0n) is 16.1. The zero-order chi connectivity index (χ0) is 19.4. The molecule has 0 aliphatic carbocycles. The van der Waals surface area contributed by atoms with Crippen LogP contribution >= 0.6 is 0 Å². The van der Waals surface area contributed by atoms with Crippen LogP contribution in [0.5, 0.6) is 0 Å². The van der Waals surface area contributed by atoms with E-state index in [1.54, 1.807) is 22.1 Å². The zero-order valence-corrected chi connectivity index (χ0v) is 16.1. The summed E-state index contributed by atoms with van der Waals surface area (Å²) in [5.41, 5.74) is 3.48. The quantitative estimate of drug-likeness (QED) is 0.845. The fourth-order valence-corrected chi connectivity index (χ4v) is 3.22. The number of aromatic nitrogens is 1. The van der Waals surface area contributed by atoms with E-state index in [1.165, 1.54) is 5.56 Å². The minimum atomic E-state index is -0.103. The SMILES string of the molecule is CC(C)(C)c1ccccc1Nc1ccnc(C(=O)N2CCN(C=O)CC2)c1. The Bertz CT molecular complexity index is 821. The second kappa shape index (κ2) is 7.78. The molecule has 142 valence electrons. The van der Waals surface area contributed by atoms with Gasteiger partial charge in [-0.15, -0.1) is 0 Å². The summed E-state index contributed by atoms with van der Waals surface area (Å²) in [6.45, 7) is 8.71. The van der Waals surface area contributed by atoms with E-state index in [9.17, 15) is 9.59 Å². The van der Waals surface area contributed by atoms with Crippen molar-refractivity contribution in [2.75, 3.05) is 31.5 Å². The maximum Gasteiger partial charge on any atom is 0.272 e. The Morgan fingerprint density at radius 2 is 1.81 bits per heavy atom. The minimum absolute atomic E-state index is 0.00747. The van der Waals surface area contributed by atoms with E-state index in [4.69, 9.17) is 0 Å². The van der Waals surface area contributed by atoms with Crippen LogP contribution in [-0.2, 0) is 10.2 Å². The molecule has 1 aromatic carbocycles. The first-order chi connectivity index (χ1) is 12.9. The molecular weight excluding hydrogens is 340 g/mol. The lowest BCUT2D eigenvalue weighted by Crippen LogP contribution is -2.48. The molecule has 6 heteroatoms. The Labute approximate surface area is 160 Å². The van der Waals surface area contributed by atoms with Crippen LogP contribution in [0.4, 0.5) is 11.4 Å². The molecule has 1 N–H and O–H groups in total. The lowest BCUT2D eigenvalue weighted by atomic mass is 9.86. The van der Waals surface area contributed by atoms with Crippen molar-refractivity contribution >= 4 is 23.7 Å². The van der Waals surface area contributed by atoms with Crippen LogP contribution in [0.25, 0.3) is 0 Å². The highest BCUT2D eigenvalue weighted by atomic mass is 16.2. The summed E-state index contributed by atoms with van der Waals surface area (Å²) in [6, 6.07) is 11.8. The van der Waals surface area contributed by atoms with Gasteiger partial charge in [-0.3, -0.25) is 14.6 Å². The molecule has 0 saturated carbocycles. The average molecular weight is 366 g/mol. The first-order valence-electron chi connectivity index (χ1n) is 9.20. The van der Waals surface area contributed by atoms with Crippen molar-refractivity contribution in [2.24, 2.45) is 0 Å². The molecule has 0 spiro atoms. The topological polar surface area (TPSA) is 65.5 Å². The Kier molecular flexibility index (Phi) is 5.44. The van der Waals surface area contributed by atoms with Crippen LogP contribution in [-0.4, -0.2) is 53.3 Å². The van der Waals surface area contributed by atoms with E-state index in [2.05, 4.69) is 37.1 Å². The number of para-hydroxylation sites is 1. The monoisotopic (exact) mass is 366 g/mol. The Morgan fingerprint density at radius 1 is 1.11 bits per heavy atom. The number of carbonyl (C=O) groups is 2. The lowest BCUT2D eigenvalue weighted by Gasteiger charge is -2.32. The second-order valence-corrected chi connectivity index (χ2v) is 7.78. The van der Waals surface area contributed by atoms with E-state index in [-0.39, 0.29) is 11.3 Å². The number of nitrogens with zero attached hydrogens (tertiary/aromatic N) is 3. The van der Waals surface area contributed by atoms with E-state index >= 15 is 0 Å². The molecule has 0 bridgehead atoms. The van der Waals surface area contributed by atoms with Crippen LogP contribution in [0.3, 0.4) is 0 Å². The Hall–Kier alpha value is -2.89. The van der Waals surface area contributed by atoms with Gasteiger partial charge < -0.3 is 15.1 Å². The first kappa shape index (κ1) is 18.9. The third-order valence-corrected chi connectivity index (χ3v) is 4.74. The predicted molar refractivity (Wildman–Crippen MR) is 106 cm³/mol. The molecule has 0 radical (unpaired) electrons. The Morgan fingerprint density at radius 3 is 2.48 bits per heavy atom. The average Bonchev–Trinajstić information content (AvgIpc) is 2.67. The maximum absolute atomic E-state index is 12.8. The Balaban J connectivity index is 1.77. The van der Waals surface area contributed by atoms with Crippen molar-refractivity contribution < 1.29 is 9.59 Å². The number of hydrogen-bond acceptors (Lipinski definition) is 4. The molecule has 2 amide bonds. The van der Waals surface area contributed by atoms with Gasteiger partial charge in [0.25, 0.3) is 5.91 Å². The molecule has 2 aromatic rings. The molecule has 27 heavy (non-hydrogen) atoms. The van der Waals surface area contributed by atoms with Crippen molar-refractivity contribution in [3.05, 3.63) is 53.9 Å². The van der Waals surface area contributed by atoms with Crippen molar-refractivity contribution in [1.82, 2.24) is 14.8 Å². The summed E-state index contributed by atoms with van der Waals surface area (Å²) in [5, 5.41) is 3.43. The van der Waals surface area contributed by atoms with Crippen molar-refractivity contribution in [3.63, 3.8) is 0 Å². The normalized spacial score (nSPS) is 14.8. The number of nitrogens with one attached hydrogen (secondary N) is 1. The fraction of sp³-hybridized carbons (Fsp3) is 0.381. The number of piperazine rings is 1. The van der Waals surface area contributed by atoms with Gasteiger partial charge >= 0.3 is 0 Å². The molecule has 2 heterocycles. The van der Waals surface area contributed by atoms with Crippen LogP contribution in [0.1, 0.15) is 36.8 Å². The first-order valence-corrected chi connectivity index (χ1v) is 9.20. The minimum Gasteiger partial charge on any atom is -0.355 e. The van der Waals surface area contributed by atoms with Crippen LogP contribution < -0.4 is 5.32 Å². The predicted octanol–water partition coefficient (Wildman–Crippen LogP) is 3.04. The summed E-state index contributed by atoms with van der Waals surface area (Å²) in [4.78, 5) is 31.3. The van der Waals surface area contributed by atoms with Crippen LogP contribution in [0.2, 0.25) is 0 Å².